The number of hydrogen-bond donors (Lipinski definition) is 0. The Balaban J connectivity index is 0.000000186. The molecule has 0 aliphatic heterocycles. The van der Waals surface area contributed by atoms with Crippen LogP contribution in [0.3, 0.4) is 0 Å². The summed E-state index contributed by atoms with van der Waals surface area (Å²) in [6.45, 7) is 5.37. The third kappa shape index (κ3) is 7.97. The Hall–Kier alpha value is -5.19. The molecule has 5 heteroatoms. The van der Waals surface area contributed by atoms with E-state index in [9.17, 15) is 4.79 Å². The smallest absolute Gasteiger partial charge is 0.226 e. The number of halogens is 1. The predicted octanol–water partition coefficient (Wildman–Crippen LogP) is 7.17. The summed E-state index contributed by atoms with van der Waals surface area (Å²) in [6.07, 6.45) is 6.40. The second kappa shape index (κ2) is 16.4. The van der Waals surface area contributed by atoms with Crippen molar-refractivity contribution in [3.05, 3.63) is 186 Å². The second-order valence-corrected chi connectivity index (χ2v) is 11.8. The number of pyridine rings is 1. The van der Waals surface area contributed by atoms with Gasteiger partial charge in [0.1, 0.15) is 6.15 Å². The molecule has 1 heterocycles. The van der Waals surface area contributed by atoms with Gasteiger partial charge in [0, 0.05) is 5.02 Å². The molecule has 0 atom stereocenters. The highest BCUT2D eigenvalue weighted by Gasteiger charge is 2.31. The van der Waals surface area contributed by atoms with Gasteiger partial charge in [-0.15, -0.1) is 0 Å². The summed E-state index contributed by atoms with van der Waals surface area (Å²) in [4.78, 5) is 14.0. The van der Waals surface area contributed by atoms with Crippen LogP contribution < -0.4 is 26.4 Å². The van der Waals surface area contributed by atoms with Crippen molar-refractivity contribution in [2.45, 2.75) is 13.8 Å². The molecular formula is C42H40BClN2O. The molecule has 0 saturated heterocycles. The third-order valence-electron chi connectivity index (χ3n) is 8.65. The van der Waals surface area contributed by atoms with E-state index in [4.69, 9.17) is 11.6 Å². The molecule has 0 aliphatic rings. The fraction of sp³-hybridized carbons (Fsp3) is 0.0952. The minimum absolute atomic E-state index is 0.00164. The summed E-state index contributed by atoms with van der Waals surface area (Å²) in [5.41, 5.74) is 7.48. The van der Waals surface area contributed by atoms with E-state index < -0.39 is 6.15 Å². The molecule has 6 rings (SSSR count). The quantitative estimate of drug-likeness (QED) is 0.129. The average molecular weight is 635 g/mol. The minimum atomic E-state index is -1.22. The summed E-state index contributed by atoms with van der Waals surface area (Å²) >= 11 is 5.86. The first-order chi connectivity index (χ1) is 23.1. The average Bonchev–Trinajstić information content (AvgIpc) is 3.14. The molecular weight excluding hydrogens is 595 g/mol. The van der Waals surface area contributed by atoms with Crippen molar-refractivity contribution in [3.63, 3.8) is 0 Å². The van der Waals surface area contributed by atoms with Gasteiger partial charge in [0.25, 0.3) is 0 Å². The third-order valence-corrected chi connectivity index (χ3v) is 8.90. The second-order valence-electron chi connectivity index (χ2n) is 11.4. The Kier molecular flexibility index (Phi) is 11.6. The maximum absolute atomic E-state index is 12.2. The van der Waals surface area contributed by atoms with Crippen LogP contribution in [0.1, 0.15) is 25.0 Å². The van der Waals surface area contributed by atoms with Crippen molar-refractivity contribution >= 4 is 57.8 Å². The van der Waals surface area contributed by atoms with Crippen molar-refractivity contribution in [2.24, 2.45) is 0 Å². The summed E-state index contributed by atoms with van der Waals surface area (Å²) in [7, 11) is 0. The van der Waals surface area contributed by atoms with E-state index >= 15 is 0 Å². The van der Waals surface area contributed by atoms with Gasteiger partial charge < -0.3 is 0 Å². The van der Waals surface area contributed by atoms with Crippen LogP contribution in [0.5, 0.6) is 0 Å². The van der Waals surface area contributed by atoms with Crippen LogP contribution >= 0.6 is 11.6 Å². The highest BCUT2D eigenvalue weighted by molar-refractivity contribution is 7.19. The van der Waals surface area contributed by atoms with Gasteiger partial charge in [0.05, 0.1) is 25.5 Å². The lowest BCUT2D eigenvalue weighted by atomic mass is 9.13. The van der Waals surface area contributed by atoms with Crippen LogP contribution in [-0.4, -0.2) is 30.2 Å². The molecule has 0 N–H and O–H groups in total. The van der Waals surface area contributed by atoms with Crippen LogP contribution in [0, 0.1) is 0 Å². The highest BCUT2D eigenvalue weighted by atomic mass is 35.5. The van der Waals surface area contributed by atoms with E-state index in [2.05, 4.69) is 121 Å². The van der Waals surface area contributed by atoms with Crippen molar-refractivity contribution < 1.29 is 9.36 Å². The zero-order chi connectivity index (χ0) is 32.9. The van der Waals surface area contributed by atoms with Crippen LogP contribution in [0.25, 0.3) is 12.2 Å². The number of carbonyl (C=O) groups excluding carboxylic acids is 1. The van der Waals surface area contributed by atoms with Gasteiger partial charge in [0.15, 0.2) is 0 Å². The van der Waals surface area contributed by atoms with Crippen LogP contribution in [0.2, 0.25) is 5.02 Å². The fourth-order valence-electron chi connectivity index (χ4n) is 6.22. The molecule has 0 aliphatic carbocycles. The molecule has 0 saturated carbocycles. The number of amides is 1. The molecule has 5 aromatic carbocycles. The number of benzene rings is 5. The normalized spacial score (nSPS) is 11.0. The first-order valence-corrected chi connectivity index (χ1v) is 16.6. The molecule has 234 valence electrons. The molecule has 1 amide bonds. The molecule has 0 unspecified atom stereocenters. The van der Waals surface area contributed by atoms with E-state index in [0.717, 1.165) is 16.1 Å². The Bertz CT molecular complexity index is 1680. The molecule has 1 aromatic heterocycles. The van der Waals surface area contributed by atoms with Gasteiger partial charge in [-0.2, -0.15) is 31.2 Å². The standard InChI is InChI=1S/C24H20B.C18H20ClN2O/c1-5-13-21(14-6-1)25(22-15-7-2-8-16-22,23-17-9-3-10-18-23)24-19-11-4-12-20-24;1-3-20(4-2)18(22)21-13-11-16(12-14-21)6-5-15-7-9-17(19)10-8-15/h1-20H;5-14H,3-4H2,1-2H3/q-1;+1/b;6-5-. The van der Waals surface area contributed by atoms with Gasteiger partial charge in [-0.25, -0.2) is 4.90 Å². The maximum atomic E-state index is 12.2. The first-order valence-electron chi connectivity index (χ1n) is 16.2. The number of aromatic nitrogens is 1. The van der Waals surface area contributed by atoms with Crippen molar-refractivity contribution in [3.8, 4) is 0 Å². The molecule has 47 heavy (non-hydrogen) atoms. The van der Waals surface area contributed by atoms with Crippen molar-refractivity contribution in [1.29, 1.82) is 0 Å². The van der Waals surface area contributed by atoms with E-state index in [1.807, 2.05) is 62.4 Å². The van der Waals surface area contributed by atoms with Crippen LogP contribution in [-0.2, 0) is 0 Å². The molecule has 0 fully saturated rings. The zero-order valence-electron chi connectivity index (χ0n) is 27.0. The number of rotatable bonds is 8. The molecule has 0 spiro atoms. The largest absolute Gasteiger partial charge is 0.497 e. The summed E-state index contributed by atoms with van der Waals surface area (Å²) < 4.78 is 1.60. The highest BCUT2D eigenvalue weighted by Crippen LogP contribution is 2.12. The van der Waals surface area contributed by atoms with E-state index in [1.165, 1.54) is 21.9 Å². The topological polar surface area (TPSA) is 24.2 Å². The van der Waals surface area contributed by atoms with E-state index in [0.29, 0.717) is 13.1 Å². The summed E-state index contributed by atoms with van der Waals surface area (Å²) in [6, 6.07) is 55.0. The summed E-state index contributed by atoms with van der Waals surface area (Å²) in [5, 5.41) is 0.729. The molecule has 6 aromatic rings. The van der Waals surface area contributed by atoms with Crippen LogP contribution in [0.15, 0.2) is 170 Å². The molecule has 3 nitrogen and oxygen atoms in total. The Morgan fingerprint density at radius 3 is 1.23 bits per heavy atom. The minimum Gasteiger partial charge on any atom is -0.226 e. The fourth-order valence-corrected chi connectivity index (χ4v) is 6.35. The predicted molar refractivity (Wildman–Crippen MR) is 201 cm³/mol. The lowest BCUT2D eigenvalue weighted by molar-refractivity contribution is -0.578. The Morgan fingerprint density at radius 1 is 0.553 bits per heavy atom. The van der Waals surface area contributed by atoms with Gasteiger partial charge >= 0.3 is 6.03 Å². The number of hydrogen-bond acceptors (Lipinski definition) is 1. The van der Waals surface area contributed by atoms with Crippen LogP contribution in [0.4, 0.5) is 4.79 Å². The van der Waals surface area contributed by atoms with Gasteiger partial charge in [-0.05, 0) is 49.2 Å². The van der Waals surface area contributed by atoms with Gasteiger partial charge in [-0.3, -0.25) is 0 Å². The van der Waals surface area contributed by atoms with E-state index in [1.54, 1.807) is 21.9 Å². The van der Waals surface area contributed by atoms with Crippen molar-refractivity contribution in [1.82, 2.24) is 4.90 Å². The summed E-state index contributed by atoms with van der Waals surface area (Å²) in [5.74, 6) is 0. The zero-order valence-corrected chi connectivity index (χ0v) is 27.7. The monoisotopic (exact) mass is 634 g/mol. The van der Waals surface area contributed by atoms with Gasteiger partial charge in [-0.1, -0.05) is 157 Å². The molecule has 0 bridgehead atoms. The Morgan fingerprint density at radius 2 is 0.894 bits per heavy atom. The lowest BCUT2D eigenvalue weighted by Crippen LogP contribution is -2.74. The van der Waals surface area contributed by atoms with Gasteiger partial charge in [0.2, 0.25) is 0 Å². The number of nitrogens with zero attached hydrogens (tertiary/aromatic N) is 2. The SMILES string of the molecule is CCN(CC)C(=O)[n+]1ccc(/C=C\c2ccc(Cl)cc2)cc1.c1ccc([B-](c2ccccc2)(c2ccccc2)c2ccccc2)cc1. The Labute approximate surface area is 284 Å². The van der Waals surface area contributed by atoms with Crippen molar-refractivity contribution in [2.75, 3.05) is 13.1 Å². The number of carbonyl (C=O) groups is 1. The first kappa shape index (κ1) is 33.2. The maximum Gasteiger partial charge on any atom is 0.497 e. The van der Waals surface area contributed by atoms with E-state index in [-0.39, 0.29) is 6.03 Å². The molecule has 0 radical (unpaired) electrons. The lowest BCUT2D eigenvalue weighted by Gasteiger charge is -2.44.